The molecule has 2 aromatic carbocycles. The quantitative estimate of drug-likeness (QED) is 0.673. The molecule has 88 valence electrons. The maximum absolute atomic E-state index is 6.30. The molecule has 0 spiro atoms. The molecule has 0 bridgehead atoms. The third kappa shape index (κ3) is 2.72. The summed E-state index contributed by atoms with van der Waals surface area (Å²) in [5, 5.41) is 0.809. The monoisotopic (exact) mass is 308 g/mol. The van der Waals surface area contributed by atoms with Crippen LogP contribution in [0.1, 0.15) is 18.1 Å². The first-order valence-electron chi connectivity index (χ1n) is 5.66. The van der Waals surface area contributed by atoms with Crippen LogP contribution in [-0.2, 0) is 6.42 Å². The third-order valence-corrected chi connectivity index (χ3v) is 3.75. The van der Waals surface area contributed by atoms with Gasteiger partial charge in [-0.25, -0.2) is 0 Å². The minimum atomic E-state index is 0.809. The van der Waals surface area contributed by atoms with Gasteiger partial charge in [0.05, 0.1) is 0 Å². The second-order valence-corrected chi connectivity index (χ2v) is 5.45. The number of hydrogen-bond donors (Lipinski definition) is 0. The second-order valence-electron chi connectivity index (χ2n) is 4.13. The minimum Gasteiger partial charge on any atom is -0.0837 e. The normalized spacial score (nSPS) is 10.6. The van der Waals surface area contributed by atoms with Crippen LogP contribution >= 0.6 is 27.5 Å². The Labute approximate surface area is 116 Å². The van der Waals surface area contributed by atoms with Gasteiger partial charge in [0, 0.05) is 15.1 Å². The van der Waals surface area contributed by atoms with E-state index >= 15 is 0 Å². The maximum Gasteiger partial charge on any atom is 0.0484 e. The van der Waals surface area contributed by atoms with E-state index < -0.39 is 0 Å². The molecule has 0 aliphatic rings. The van der Waals surface area contributed by atoms with Crippen LogP contribution < -0.4 is 0 Å². The topological polar surface area (TPSA) is 0 Å². The Morgan fingerprint density at radius 1 is 1.06 bits per heavy atom. The van der Waals surface area contributed by atoms with Gasteiger partial charge in [-0.05, 0) is 54.3 Å². The van der Waals surface area contributed by atoms with Crippen molar-refractivity contribution in [1.29, 1.82) is 0 Å². The van der Waals surface area contributed by atoms with Crippen molar-refractivity contribution in [2.45, 2.75) is 20.3 Å². The van der Waals surface area contributed by atoms with Crippen LogP contribution in [0.15, 0.2) is 40.9 Å². The molecule has 17 heavy (non-hydrogen) atoms. The van der Waals surface area contributed by atoms with Crippen LogP contribution in [0.3, 0.4) is 0 Å². The average Bonchev–Trinajstić information content (AvgIpc) is 2.33. The zero-order valence-corrected chi connectivity index (χ0v) is 12.3. The highest BCUT2D eigenvalue weighted by molar-refractivity contribution is 9.10. The molecule has 2 heteroatoms. The fourth-order valence-corrected chi connectivity index (χ4v) is 2.46. The van der Waals surface area contributed by atoms with Crippen molar-refractivity contribution in [2.75, 3.05) is 0 Å². The average molecular weight is 310 g/mol. The number of rotatable bonds is 2. The molecule has 0 saturated heterocycles. The molecule has 0 N–H and O–H groups in total. The number of aryl methyl sites for hydroxylation is 2. The molecule has 2 aromatic rings. The van der Waals surface area contributed by atoms with Crippen molar-refractivity contribution in [3.63, 3.8) is 0 Å². The summed E-state index contributed by atoms with van der Waals surface area (Å²) in [5.41, 5.74) is 4.86. The summed E-state index contributed by atoms with van der Waals surface area (Å²) in [7, 11) is 0. The van der Waals surface area contributed by atoms with Gasteiger partial charge in [0.1, 0.15) is 0 Å². The van der Waals surface area contributed by atoms with Gasteiger partial charge in [0.25, 0.3) is 0 Å². The van der Waals surface area contributed by atoms with E-state index in [0.29, 0.717) is 0 Å². The van der Waals surface area contributed by atoms with Gasteiger partial charge >= 0.3 is 0 Å². The van der Waals surface area contributed by atoms with Gasteiger partial charge < -0.3 is 0 Å². The lowest BCUT2D eigenvalue weighted by atomic mass is 9.98. The molecule has 0 nitrogen and oxygen atoms in total. The Kier molecular flexibility index (Phi) is 3.90. The van der Waals surface area contributed by atoms with Crippen molar-refractivity contribution >= 4 is 27.5 Å². The summed E-state index contributed by atoms with van der Waals surface area (Å²) in [5.74, 6) is 0. The SMILES string of the molecule is CCc1ccc(Cl)c(-c2cc(Br)ccc2C)c1. The lowest BCUT2D eigenvalue weighted by Crippen LogP contribution is -1.88. The number of hydrogen-bond acceptors (Lipinski definition) is 0. The van der Waals surface area contributed by atoms with Gasteiger partial charge in [0.2, 0.25) is 0 Å². The Hall–Kier alpha value is -0.790. The van der Waals surface area contributed by atoms with Crippen molar-refractivity contribution in [3.05, 3.63) is 57.0 Å². The summed E-state index contributed by atoms with van der Waals surface area (Å²) < 4.78 is 1.08. The molecule has 0 radical (unpaired) electrons. The van der Waals surface area contributed by atoms with Crippen molar-refractivity contribution in [1.82, 2.24) is 0 Å². The summed E-state index contributed by atoms with van der Waals surface area (Å²) in [6.07, 6.45) is 1.03. The van der Waals surface area contributed by atoms with Gasteiger partial charge in [0.15, 0.2) is 0 Å². The fraction of sp³-hybridized carbons (Fsp3) is 0.200. The molecule has 0 aromatic heterocycles. The summed E-state index contributed by atoms with van der Waals surface area (Å²) in [6, 6.07) is 12.5. The van der Waals surface area contributed by atoms with E-state index in [0.717, 1.165) is 21.5 Å². The molecule has 0 fully saturated rings. The highest BCUT2D eigenvalue weighted by Crippen LogP contribution is 2.33. The number of halogens is 2. The summed E-state index contributed by atoms with van der Waals surface area (Å²) in [6.45, 7) is 4.26. The van der Waals surface area contributed by atoms with Crippen molar-refractivity contribution in [2.24, 2.45) is 0 Å². The van der Waals surface area contributed by atoms with Crippen LogP contribution in [-0.4, -0.2) is 0 Å². The smallest absolute Gasteiger partial charge is 0.0484 e. The first-order valence-corrected chi connectivity index (χ1v) is 6.84. The van der Waals surface area contributed by atoms with Crippen LogP contribution in [0, 0.1) is 6.92 Å². The Morgan fingerprint density at radius 3 is 2.53 bits per heavy atom. The van der Waals surface area contributed by atoms with Gasteiger partial charge in [-0.1, -0.05) is 46.6 Å². The molecular formula is C15H14BrCl. The Balaban J connectivity index is 2.62. The highest BCUT2D eigenvalue weighted by atomic mass is 79.9. The summed E-state index contributed by atoms with van der Waals surface area (Å²) >= 11 is 9.81. The predicted octanol–water partition coefficient (Wildman–Crippen LogP) is 5.64. The molecule has 0 saturated carbocycles. The minimum absolute atomic E-state index is 0.809. The molecule has 0 heterocycles. The Bertz CT molecular complexity index is 547. The predicted molar refractivity (Wildman–Crippen MR) is 78.7 cm³/mol. The van der Waals surface area contributed by atoms with E-state index in [4.69, 9.17) is 11.6 Å². The van der Waals surface area contributed by atoms with E-state index in [-0.39, 0.29) is 0 Å². The lowest BCUT2D eigenvalue weighted by molar-refractivity contribution is 1.14. The lowest BCUT2D eigenvalue weighted by Gasteiger charge is -2.10. The van der Waals surface area contributed by atoms with Crippen molar-refractivity contribution < 1.29 is 0 Å². The van der Waals surface area contributed by atoms with E-state index in [1.807, 2.05) is 6.07 Å². The van der Waals surface area contributed by atoms with Gasteiger partial charge in [-0.3, -0.25) is 0 Å². The van der Waals surface area contributed by atoms with Gasteiger partial charge in [-0.2, -0.15) is 0 Å². The van der Waals surface area contributed by atoms with E-state index in [1.165, 1.54) is 16.7 Å². The zero-order valence-electron chi connectivity index (χ0n) is 9.93. The molecule has 0 atom stereocenters. The van der Waals surface area contributed by atoms with Crippen LogP contribution in [0.25, 0.3) is 11.1 Å². The maximum atomic E-state index is 6.30. The molecule has 2 rings (SSSR count). The largest absolute Gasteiger partial charge is 0.0837 e. The van der Waals surface area contributed by atoms with Crippen LogP contribution in [0.4, 0.5) is 0 Å². The first-order chi connectivity index (χ1) is 8.11. The van der Waals surface area contributed by atoms with E-state index in [2.05, 4.69) is 60.1 Å². The third-order valence-electron chi connectivity index (χ3n) is 2.93. The molecule has 0 unspecified atom stereocenters. The summed E-state index contributed by atoms with van der Waals surface area (Å²) in [4.78, 5) is 0. The van der Waals surface area contributed by atoms with E-state index in [9.17, 15) is 0 Å². The standard InChI is InChI=1S/C15H14BrCl/c1-3-11-5-7-15(17)14(8-11)13-9-12(16)6-4-10(13)2/h4-9H,3H2,1-2H3. The second kappa shape index (κ2) is 5.24. The number of benzene rings is 2. The highest BCUT2D eigenvalue weighted by Gasteiger charge is 2.07. The first kappa shape index (κ1) is 12.7. The van der Waals surface area contributed by atoms with Crippen molar-refractivity contribution in [3.8, 4) is 11.1 Å². The fourth-order valence-electron chi connectivity index (χ4n) is 1.88. The molecule has 0 amide bonds. The molecule has 0 aliphatic carbocycles. The van der Waals surface area contributed by atoms with E-state index in [1.54, 1.807) is 0 Å². The van der Waals surface area contributed by atoms with Gasteiger partial charge in [-0.15, -0.1) is 0 Å². The zero-order chi connectivity index (χ0) is 12.4. The Morgan fingerprint density at radius 2 is 1.82 bits per heavy atom. The molecule has 0 aliphatic heterocycles. The van der Waals surface area contributed by atoms with Crippen LogP contribution in [0.5, 0.6) is 0 Å². The molecular weight excluding hydrogens is 296 g/mol. The van der Waals surface area contributed by atoms with Crippen LogP contribution in [0.2, 0.25) is 5.02 Å².